The lowest BCUT2D eigenvalue weighted by Gasteiger charge is -2.26. The van der Waals surface area contributed by atoms with Crippen LogP contribution in [0.3, 0.4) is 0 Å². The van der Waals surface area contributed by atoms with E-state index >= 15 is 0 Å². The van der Waals surface area contributed by atoms with E-state index in [1.54, 1.807) is 27.4 Å². The highest BCUT2D eigenvalue weighted by molar-refractivity contribution is 5.46. The van der Waals surface area contributed by atoms with Gasteiger partial charge in [0, 0.05) is 38.9 Å². The van der Waals surface area contributed by atoms with Crippen molar-refractivity contribution in [1.82, 2.24) is 4.90 Å². The highest BCUT2D eigenvalue weighted by Gasteiger charge is 2.16. The first-order valence-corrected chi connectivity index (χ1v) is 8.44. The third-order valence-corrected chi connectivity index (χ3v) is 3.72. The summed E-state index contributed by atoms with van der Waals surface area (Å²) in [5.74, 6) is 1.42. The van der Waals surface area contributed by atoms with Gasteiger partial charge < -0.3 is 24.1 Å². The van der Waals surface area contributed by atoms with E-state index in [1.165, 1.54) is 0 Å². The van der Waals surface area contributed by atoms with Gasteiger partial charge in [0.15, 0.2) is 11.5 Å². The molecule has 0 heterocycles. The Morgan fingerprint density at radius 3 is 2.68 bits per heavy atom. The van der Waals surface area contributed by atoms with Gasteiger partial charge >= 0.3 is 0 Å². The number of aliphatic hydroxyl groups excluding tert-OH is 1. The van der Waals surface area contributed by atoms with E-state index < -0.39 is 6.10 Å². The second-order valence-corrected chi connectivity index (χ2v) is 5.71. The number of nitrogens with zero attached hydrogens (tertiary/aromatic N) is 1. The molecule has 1 atom stereocenters. The Kier molecular flexibility index (Phi) is 10.9. The molecule has 0 unspecified atom stereocenters. The number of hydrogen-bond donors (Lipinski definition) is 1. The van der Waals surface area contributed by atoms with E-state index in [4.69, 9.17) is 18.9 Å². The van der Waals surface area contributed by atoms with Gasteiger partial charge in [0.2, 0.25) is 0 Å². The Morgan fingerprint density at radius 1 is 1.24 bits per heavy atom. The summed E-state index contributed by atoms with van der Waals surface area (Å²) in [6.07, 6.45) is 1.98. The van der Waals surface area contributed by atoms with E-state index in [-0.39, 0.29) is 6.61 Å². The van der Waals surface area contributed by atoms with Gasteiger partial charge in [0.05, 0.1) is 33.5 Å². The van der Waals surface area contributed by atoms with E-state index in [9.17, 15) is 5.11 Å². The lowest BCUT2D eigenvalue weighted by Crippen LogP contribution is -2.35. The Morgan fingerprint density at radius 2 is 2.04 bits per heavy atom. The smallest absolute Gasteiger partial charge is 0.165 e. The molecule has 1 rings (SSSR count). The SMILES string of the molecule is C=CCOC[C@@H](O)CN(CCCOC)Cc1cccc(OC)c1OC. The normalized spacial score (nSPS) is 12.2. The number of aliphatic hydroxyl groups is 1. The lowest BCUT2D eigenvalue weighted by atomic mass is 10.1. The van der Waals surface area contributed by atoms with Crippen LogP contribution in [0.1, 0.15) is 12.0 Å². The first-order chi connectivity index (χ1) is 12.2. The van der Waals surface area contributed by atoms with E-state index in [0.717, 1.165) is 24.3 Å². The van der Waals surface area contributed by atoms with Crippen LogP contribution in [0.4, 0.5) is 0 Å². The third-order valence-electron chi connectivity index (χ3n) is 3.72. The van der Waals surface area contributed by atoms with Gasteiger partial charge in [-0.15, -0.1) is 6.58 Å². The lowest BCUT2D eigenvalue weighted by molar-refractivity contribution is 0.0228. The molecule has 1 aromatic rings. The fourth-order valence-corrected chi connectivity index (χ4v) is 2.62. The van der Waals surface area contributed by atoms with Crippen molar-refractivity contribution in [3.05, 3.63) is 36.4 Å². The van der Waals surface area contributed by atoms with Crippen LogP contribution >= 0.6 is 0 Å². The minimum atomic E-state index is -0.570. The highest BCUT2D eigenvalue weighted by atomic mass is 16.5. The molecular weight excluding hydrogens is 322 g/mol. The van der Waals surface area contributed by atoms with Gasteiger partial charge in [-0.1, -0.05) is 18.2 Å². The van der Waals surface area contributed by atoms with Crippen molar-refractivity contribution in [3.63, 3.8) is 0 Å². The van der Waals surface area contributed by atoms with Crippen LogP contribution in [0.15, 0.2) is 30.9 Å². The second kappa shape index (κ2) is 12.7. The Balaban J connectivity index is 2.77. The zero-order chi connectivity index (χ0) is 18.5. The third kappa shape index (κ3) is 7.88. The maximum absolute atomic E-state index is 10.2. The number of ether oxygens (including phenoxy) is 4. The Bertz CT molecular complexity index is 495. The fraction of sp³-hybridized carbons (Fsp3) is 0.579. The Hall–Kier alpha value is -1.60. The standard InChI is InChI=1S/C19H31NO5/c1-5-11-25-15-17(21)14-20(10-7-12-22-2)13-16-8-6-9-18(23-3)19(16)24-4/h5-6,8-9,17,21H,1,7,10-15H2,2-4H3/t17-/m0/s1. The molecule has 0 fully saturated rings. The van der Waals surface area contributed by atoms with Gasteiger partial charge in [-0.05, 0) is 12.5 Å². The molecule has 0 aliphatic rings. The molecule has 0 aromatic heterocycles. The zero-order valence-electron chi connectivity index (χ0n) is 15.6. The molecule has 0 aliphatic carbocycles. The van der Waals surface area contributed by atoms with Gasteiger partial charge in [-0.25, -0.2) is 0 Å². The number of para-hydroxylation sites is 1. The minimum absolute atomic E-state index is 0.280. The van der Waals surface area contributed by atoms with E-state index in [2.05, 4.69) is 11.5 Å². The molecule has 1 aromatic carbocycles. The maximum Gasteiger partial charge on any atom is 0.165 e. The Labute approximate surface area is 150 Å². The molecule has 0 saturated heterocycles. The summed E-state index contributed by atoms with van der Waals surface area (Å²) in [4.78, 5) is 2.16. The van der Waals surface area contributed by atoms with E-state index in [0.29, 0.717) is 32.1 Å². The predicted octanol–water partition coefficient (Wildman–Crippen LogP) is 2.11. The summed E-state index contributed by atoms with van der Waals surface area (Å²) < 4.78 is 21.3. The van der Waals surface area contributed by atoms with Crippen LogP contribution in [0.5, 0.6) is 11.5 Å². The van der Waals surface area contributed by atoms with Crippen molar-refractivity contribution >= 4 is 0 Å². The van der Waals surface area contributed by atoms with Gasteiger partial charge in [0.1, 0.15) is 0 Å². The topological polar surface area (TPSA) is 60.4 Å². The van der Waals surface area contributed by atoms with Crippen LogP contribution in [0.2, 0.25) is 0 Å². The summed E-state index contributed by atoms with van der Waals surface area (Å²) in [5.41, 5.74) is 1.01. The molecule has 0 saturated carbocycles. The molecule has 25 heavy (non-hydrogen) atoms. The molecule has 0 amide bonds. The molecule has 0 radical (unpaired) electrons. The van der Waals surface area contributed by atoms with Crippen molar-refractivity contribution in [3.8, 4) is 11.5 Å². The minimum Gasteiger partial charge on any atom is -0.493 e. The number of hydrogen-bond acceptors (Lipinski definition) is 6. The van der Waals surface area contributed by atoms with E-state index in [1.807, 2.05) is 18.2 Å². The average Bonchev–Trinajstić information content (AvgIpc) is 2.61. The molecule has 1 N–H and O–H groups in total. The monoisotopic (exact) mass is 353 g/mol. The summed E-state index contributed by atoms with van der Waals surface area (Å²) in [6, 6.07) is 5.81. The highest BCUT2D eigenvalue weighted by Crippen LogP contribution is 2.31. The first kappa shape index (κ1) is 21.4. The summed E-state index contributed by atoms with van der Waals surface area (Å²) >= 11 is 0. The molecule has 0 spiro atoms. The van der Waals surface area contributed by atoms with Crippen LogP contribution in [0, 0.1) is 0 Å². The first-order valence-electron chi connectivity index (χ1n) is 8.44. The van der Waals surface area contributed by atoms with Crippen LogP contribution < -0.4 is 9.47 Å². The number of methoxy groups -OCH3 is 3. The van der Waals surface area contributed by atoms with Crippen molar-refractivity contribution < 1.29 is 24.1 Å². The largest absolute Gasteiger partial charge is 0.493 e. The van der Waals surface area contributed by atoms with Gasteiger partial charge in [-0.3, -0.25) is 4.90 Å². The molecular formula is C19H31NO5. The number of rotatable bonds is 14. The molecule has 0 aliphatic heterocycles. The van der Waals surface area contributed by atoms with Crippen LogP contribution in [-0.2, 0) is 16.0 Å². The zero-order valence-corrected chi connectivity index (χ0v) is 15.6. The second-order valence-electron chi connectivity index (χ2n) is 5.71. The quantitative estimate of drug-likeness (QED) is 0.408. The summed E-state index contributed by atoms with van der Waals surface area (Å²) in [6.45, 7) is 6.93. The van der Waals surface area contributed by atoms with Crippen LogP contribution in [-0.4, -0.2) is 70.3 Å². The molecule has 0 bridgehead atoms. The van der Waals surface area contributed by atoms with Crippen molar-refractivity contribution in [2.45, 2.75) is 19.1 Å². The summed E-state index contributed by atoms with van der Waals surface area (Å²) in [7, 11) is 4.95. The van der Waals surface area contributed by atoms with Gasteiger partial charge in [0.25, 0.3) is 0 Å². The average molecular weight is 353 g/mol. The summed E-state index contributed by atoms with van der Waals surface area (Å²) in [5, 5.41) is 10.2. The predicted molar refractivity (Wildman–Crippen MR) is 98.3 cm³/mol. The molecule has 6 heteroatoms. The van der Waals surface area contributed by atoms with Crippen molar-refractivity contribution in [2.75, 3.05) is 54.2 Å². The van der Waals surface area contributed by atoms with Crippen LogP contribution in [0.25, 0.3) is 0 Å². The van der Waals surface area contributed by atoms with Gasteiger partial charge in [-0.2, -0.15) is 0 Å². The fourth-order valence-electron chi connectivity index (χ4n) is 2.62. The van der Waals surface area contributed by atoms with Crippen molar-refractivity contribution in [1.29, 1.82) is 0 Å². The number of benzene rings is 1. The maximum atomic E-state index is 10.2. The molecule has 6 nitrogen and oxygen atoms in total. The van der Waals surface area contributed by atoms with Crippen molar-refractivity contribution in [2.24, 2.45) is 0 Å². The molecule has 142 valence electrons.